The van der Waals surface area contributed by atoms with Crippen molar-refractivity contribution in [2.24, 2.45) is 5.73 Å². The summed E-state index contributed by atoms with van der Waals surface area (Å²) in [6.07, 6.45) is -4.42. The molecular formula is C13H15BrF3NO3. The SMILES string of the molecule is CCOC(=O)CC(N)c1ccc(OCC(F)(F)F)c(Br)c1. The van der Waals surface area contributed by atoms with Gasteiger partial charge in [0.1, 0.15) is 5.75 Å². The number of esters is 1. The van der Waals surface area contributed by atoms with Crippen molar-refractivity contribution < 1.29 is 27.4 Å². The third-order valence-corrected chi connectivity index (χ3v) is 3.09. The molecule has 4 nitrogen and oxygen atoms in total. The van der Waals surface area contributed by atoms with Crippen LogP contribution in [0.3, 0.4) is 0 Å². The summed E-state index contributed by atoms with van der Waals surface area (Å²) in [4.78, 5) is 11.3. The Morgan fingerprint density at radius 1 is 1.43 bits per heavy atom. The third kappa shape index (κ3) is 6.34. The average molecular weight is 370 g/mol. The molecule has 0 aromatic heterocycles. The molecule has 1 aromatic rings. The van der Waals surface area contributed by atoms with Gasteiger partial charge in [-0.15, -0.1) is 0 Å². The lowest BCUT2D eigenvalue weighted by molar-refractivity contribution is -0.153. The van der Waals surface area contributed by atoms with E-state index in [1.165, 1.54) is 18.2 Å². The first-order chi connectivity index (χ1) is 9.73. The van der Waals surface area contributed by atoms with E-state index in [-0.39, 0.29) is 18.8 Å². The van der Waals surface area contributed by atoms with E-state index in [0.717, 1.165) is 0 Å². The zero-order chi connectivity index (χ0) is 16.0. The molecule has 0 radical (unpaired) electrons. The summed E-state index contributed by atoms with van der Waals surface area (Å²) in [5.74, 6) is -0.377. The quantitative estimate of drug-likeness (QED) is 0.781. The van der Waals surface area contributed by atoms with Crippen LogP contribution in [0.15, 0.2) is 22.7 Å². The van der Waals surface area contributed by atoms with Crippen molar-refractivity contribution in [3.8, 4) is 5.75 Å². The Labute approximate surface area is 128 Å². The van der Waals surface area contributed by atoms with E-state index in [2.05, 4.69) is 20.7 Å². The lowest BCUT2D eigenvalue weighted by Crippen LogP contribution is -2.20. The van der Waals surface area contributed by atoms with Crippen molar-refractivity contribution in [1.82, 2.24) is 0 Å². The summed E-state index contributed by atoms with van der Waals surface area (Å²) in [7, 11) is 0. The molecule has 1 unspecified atom stereocenters. The van der Waals surface area contributed by atoms with Gasteiger partial charge in [-0.3, -0.25) is 4.79 Å². The van der Waals surface area contributed by atoms with Gasteiger partial charge in [-0.25, -0.2) is 0 Å². The molecule has 0 spiro atoms. The number of nitrogens with two attached hydrogens (primary N) is 1. The summed E-state index contributed by atoms with van der Waals surface area (Å²) in [5, 5.41) is 0. The maximum Gasteiger partial charge on any atom is 0.422 e. The molecule has 0 aliphatic rings. The Bertz CT molecular complexity index is 494. The highest BCUT2D eigenvalue weighted by Crippen LogP contribution is 2.30. The van der Waals surface area contributed by atoms with Gasteiger partial charge < -0.3 is 15.2 Å². The molecule has 1 aromatic carbocycles. The van der Waals surface area contributed by atoms with Crippen LogP contribution in [0, 0.1) is 0 Å². The van der Waals surface area contributed by atoms with Gasteiger partial charge in [0.25, 0.3) is 0 Å². The predicted molar refractivity (Wildman–Crippen MR) is 73.9 cm³/mol. The van der Waals surface area contributed by atoms with E-state index in [0.29, 0.717) is 10.0 Å². The fourth-order valence-corrected chi connectivity index (χ4v) is 2.05. The van der Waals surface area contributed by atoms with Gasteiger partial charge in [-0.2, -0.15) is 13.2 Å². The van der Waals surface area contributed by atoms with Crippen molar-refractivity contribution in [2.75, 3.05) is 13.2 Å². The molecular weight excluding hydrogens is 355 g/mol. The maximum absolute atomic E-state index is 12.1. The summed E-state index contributed by atoms with van der Waals surface area (Å²) in [6.45, 7) is 0.575. The van der Waals surface area contributed by atoms with Crippen molar-refractivity contribution in [3.63, 3.8) is 0 Å². The van der Waals surface area contributed by atoms with Crippen LogP contribution in [0.1, 0.15) is 24.9 Å². The standard InChI is InChI=1S/C13H15BrF3NO3/c1-2-20-12(19)6-10(18)8-3-4-11(9(14)5-8)21-7-13(15,16)17/h3-5,10H,2,6-7,18H2,1H3. The fraction of sp³-hybridized carbons (Fsp3) is 0.462. The molecule has 0 saturated heterocycles. The smallest absolute Gasteiger partial charge is 0.422 e. The molecule has 0 amide bonds. The molecule has 0 heterocycles. The zero-order valence-corrected chi connectivity index (χ0v) is 12.8. The average Bonchev–Trinajstić information content (AvgIpc) is 2.36. The molecule has 8 heteroatoms. The number of halogens is 4. The van der Waals surface area contributed by atoms with Crippen molar-refractivity contribution in [1.29, 1.82) is 0 Å². The molecule has 1 atom stereocenters. The monoisotopic (exact) mass is 369 g/mol. The minimum Gasteiger partial charge on any atom is -0.483 e. The molecule has 0 aliphatic carbocycles. The van der Waals surface area contributed by atoms with E-state index in [1.54, 1.807) is 6.92 Å². The Morgan fingerprint density at radius 3 is 2.62 bits per heavy atom. The van der Waals surface area contributed by atoms with E-state index < -0.39 is 24.8 Å². The molecule has 0 bridgehead atoms. The Morgan fingerprint density at radius 2 is 2.10 bits per heavy atom. The molecule has 0 fully saturated rings. The van der Waals surface area contributed by atoms with Gasteiger partial charge in [0.05, 0.1) is 17.5 Å². The highest BCUT2D eigenvalue weighted by molar-refractivity contribution is 9.10. The summed E-state index contributed by atoms with van der Waals surface area (Å²) in [5.41, 5.74) is 6.44. The van der Waals surface area contributed by atoms with Gasteiger partial charge in [-0.1, -0.05) is 6.07 Å². The van der Waals surface area contributed by atoms with Gasteiger partial charge >= 0.3 is 12.1 Å². The topological polar surface area (TPSA) is 61.5 Å². The van der Waals surface area contributed by atoms with Crippen LogP contribution in [-0.2, 0) is 9.53 Å². The number of rotatable bonds is 6. The van der Waals surface area contributed by atoms with E-state index >= 15 is 0 Å². The number of ether oxygens (including phenoxy) is 2. The fourth-order valence-electron chi connectivity index (χ4n) is 1.54. The molecule has 1 rings (SSSR count). The zero-order valence-electron chi connectivity index (χ0n) is 11.2. The van der Waals surface area contributed by atoms with Gasteiger partial charge in [0, 0.05) is 6.04 Å². The first kappa shape index (κ1) is 17.8. The Balaban J connectivity index is 2.70. The van der Waals surface area contributed by atoms with Gasteiger partial charge in [0.15, 0.2) is 6.61 Å². The highest BCUT2D eigenvalue weighted by atomic mass is 79.9. The van der Waals surface area contributed by atoms with Crippen LogP contribution >= 0.6 is 15.9 Å². The van der Waals surface area contributed by atoms with Crippen LogP contribution < -0.4 is 10.5 Å². The molecule has 2 N–H and O–H groups in total. The first-order valence-corrected chi connectivity index (χ1v) is 6.92. The van der Waals surface area contributed by atoms with E-state index in [4.69, 9.17) is 10.5 Å². The number of hydrogen-bond acceptors (Lipinski definition) is 4. The molecule has 0 saturated carbocycles. The minimum atomic E-state index is -4.40. The Hall–Kier alpha value is -1.28. The van der Waals surface area contributed by atoms with Crippen LogP contribution in [0.25, 0.3) is 0 Å². The van der Waals surface area contributed by atoms with Crippen molar-refractivity contribution in [3.05, 3.63) is 28.2 Å². The van der Waals surface area contributed by atoms with Crippen LogP contribution in [-0.4, -0.2) is 25.4 Å². The van der Waals surface area contributed by atoms with Crippen molar-refractivity contribution >= 4 is 21.9 Å². The number of hydrogen-bond donors (Lipinski definition) is 1. The second-order valence-corrected chi connectivity index (χ2v) is 5.06. The summed E-state index contributed by atoms with van der Waals surface area (Å²) in [6, 6.07) is 3.81. The van der Waals surface area contributed by atoms with Gasteiger partial charge in [-0.05, 0) is 40.5 Å². The molecule has 118 valence electrons. The highest BCUT2D eigenvalue weighted by Gasteiger charge is 2.28. The lowest BCUT2D eigenvalue weighted by Gasteiger charge is -2.14. The summed E-state index contributed by atoms with van der Waals surface area (Å²) >= 11 is 3.12. The number of carbonyl (C=O) groups excluding carboxylic acids is 1. The second kappa shape index (κ2) is 7.65. The Kier molecular flexibility index (Phi) is 6.47. The summed E-state index contributed by atoms with van der Waals surface area (Å²) < 4.78 is 46.0. The minimum absolute atomic E-state index is 0.0109. The van der Waals surface area contributed by atoms with Crippen LogP contribution in [0.2, 0.25) is 0 Å². The van der Waals surface area contributed by atoms with Crippen molar-refractivity contribution in [2.45, 2.75) is 25.6 Å². The maximum atomic E-state index is 12.1. The van der Waals surface area contributed by atoms with E-state index in [9.17, 15) is 18.0 Å². The van der Waals surface area contributed by atoms with E-state index in [1.807, 2.05) is 0 Å². The third-order valence-electron chi connectivity index (χ3n) is 2.47. The van der Waals surface area contributed by atoms with Crippen LogP contribution in [0.5, 0.6) is 5.75 Å². The lowest BCUT2D eigenvalue weighted by atomic mass is 10.0. The second-order valence-electron chi connectivity index (χ2n) is 4.21. The predicted octanol–water partition coefficient (Wildman–Crippen LogP) is 3.34. The normalized spacial score (nSPS) is 12.9. The van der Waals surface area contributed by atoms with Crippen LogP contribution in [0.4, 0.5) is 13.2 Å². The number of alkyl halides is 3. The number of benzene rings is 1. The molecule has 21 heavy (non-hydrogen) atoms. The largest absolute Gasteiger partial charge is 0.483 e. The van der Waals surface area contributed by atoms with Gasteiger partial charge in [0.2, 0.25) is 0 Å². The number of carbonyl (C=O) groups is 1. The first-order valence-electron chi connectivity index (χ1n) is 6.13. The molecule has 0 aliphatic heterocycles.